The number of nitriles is 1. The Kier molecular flexibility index (Phi) is 4.21. The zero-order valence-corrected chi connectivity index (χ0v) is 13.5. The number of sulfonamides is 1. The van der Waals surface area contributed by atoms with Crippen molar-refractivity contribution in [3.63, 3.8) is 0 Å². The third-order valence-corrected chi connectivity index (χ3v) is 5.01. The van der Waals surface area contributed by atoms with E-state index in [4.69, 9.17) is 11.0 Å². The average Bonchev–Trinajstić information content (AvgIpc) is 2.40. The van der Waals surface area contributed by atoms with Crippen molar-refractivity contribution in [1.29, 1.82) is 5.26 Å². The molecular formula is C14H12BrN3O2S. The van der Waals surface area contributed by atoms with E-state index in [1.54, 1.807) is 25.1 Å². The third kappa shape index (κ3) is 3.35. The van der Waals surface area contributed by atoms with Crippen molar-refractivity contribution in [1.82, 2.24) is 0 Å². The average molecular weight is 366 g/mol. The second-order valence-electron chi connectivity index (χ2n) is 4.44. The molecule has 3 N–H and O–H groups in total. The first-order chi connectivity index (χ1) is 9.83. The van der Waals surface area contributed by atoms with Crippen molar-refractivity contribution in [2.75, 3.05) is 10.5 Å². The van der Waals surface area contributed by atoms with Gasteiger partial charge in [-0.3, -0.25) is 4.72 Å². The Morgan fingerprint density at radius 3 is 2.52 bits per heavy atom. The van der Waals surface area contributed by atoms with Gasteiger partial charge in [-0.2, -0.15) is 5.26 Å². The van der Waals surface area contributed by atoms with Gasteiger partial charge in [0, 0.05) is 10.2 Å². The lowest BCUT2D eigenvalue weighted by molar-refractivity contribution is 0.600. The molecule has 0 atom stereocenters. The van der Waals surface area contributed by atoms with Gasteiger partial charge in [0.15, 0.2) is 0 Å². The van der Waals surface area contributed by atoms with E-state index in [2.05, 4.69) is 20.7 Å². The molecule has 2 aromatic rings. The van der Waals surface area contributed by atoms with Crippen molar-refractivity contribution in [3.05, 3.63) is 52.0 Å². The fourth-order valence-corrected chi connectivity index (χ4v) is 3.76. The van der Waals surface area contributed by atoms with Gasteiger partial charge >= 0.3 is 0 Å². The maximum absolute atomic E-state index is 12.4. The van der Waals surface area contributed by atoms with E-state index in [1.165, 1.54) is 18.2 Å². The SMILES string of the molecule is Cc1cc(N)ccc1S(=O)(=O)Nc1ccc(C#N)cc1Br. The second kappa shape index (κ2) is 5.76. The van der Waals surface area contributed by atoms with Crippen LogP contribution in [-0.2, 0) is 10.0 Å². The summed E-state index contributed by atoms with van der Waals surface area (Å²) < 4.78 is 27.8. The van der Waals surface area contributed by atoms with Crippen LogP contribution in [0.25, 0.3) is 0 Å². The van der Waals surface area contributed by atoms with Crippen LogP contribution in [-0.4, -0.2) is 8.42 Å². The number of nitrogen functional groups attached to an aromatic ring is 1. The molecule has 108 valence electrons. The molecule has 21 heavy (non-hydrogen) atoms. The first kappa shape index (κ1) is 15.4. The highest BCUT2D eigenvalue weighted by molar-refractivity contribution is 9.10. The largest absolute Gasteiger partial charge is 0.399 e. The molecule has 0 aromatic heterocycles. The minimum atomic E-state index is -3.72. The molecule has 0 aliphatic heterocycles. The lowest BCUT2D eigenvalue weighted by atomic mass is 10.2. The van der Waals surface area contributed by atoms with E-state index in [-0.39, 0.29) is 4.90 Å². The summed E-state index contributed by atoms with van der Waals surface area (Å²) in [5.74, 6) is 0. The number of nitrogens with zero attached hydrogens (tertiary/aromatic N) is 1. The number of benzene rings is 2. The van der Waals surface area contributed by atoms with E-state index in [0.717, 1.165) is 0 Å². The molecule has 2 rings (SSSR count). The highest BCUT2D eigenvalue weighted by atomic mass is 79.9. The number of nitrogens with two attached hydrogens (primary N) is 1. The summed E-state index contributed by atoms with van der Waals surface area (Å²) in [5, 5.41) is 8.80. The standard InChI is InChI=1S/C14H12BrN3O2S/c1-9-6-11(17)3-5-14(9)21(19,20)18-13-4-2-10(8-16)7-12(13)15/h2-7,18H,17H2,1H3. The van der Waals surface area contributed by atoms with Gasteiger partial charge < -0.3 is 5.73 Å². The molecule has 0 aliphatic carbocycles. The van der Waals surface area contributed by atoms with Gasteiger partial charge in [0.2, 0.25) is 0 Å². The van der Waals surface area contributed by atoms with Crippen LogP contribution in [0.2, 0.25) is 0 Å². The lowest BCUT2D eigenvalue weighted by Gasteiger charge is -2.12. The zero-order valence-electron chi connectivity index (χ0n) is 11.1. The number of anilines is 2. The van der Waals surface area contributed by atoms with Gasteiger partial charge in [-0.15, -0.1) is 0 Å². The maximum Gasteiger partial charge on any atom is 0.262 e. The minimum Gasteiger partial charge on any atom is -0.399 e. The van der Waals surface area contributed by atoms with Crippen molar-refractivity contribution < 1.29 is 8.42 Å². The molecule has 0 spiro atoms. The van der Waals surface area contributed by atoms with E-state index in [9.17, 15) is 8.42 Å². The van der Waals surface area contributed by atoms with Crippen LogP contribution < -0.4 is 10.5 Å². The molecule has 0 fully saturated rings. The van der Waals surface area contributed by atoms with E-state index >= 15 is 0 Å². The maximum atomic E-state index is 12.4. The minimum absolute atomic E-state index is 0.160. The lowest BCUT2D eigenvalue weighted by Crippen LogP contribution is -2.14. The summed E-state index contributed by atoms with van der Waals surface area (Å²) in [4.78, 5) is 0.160. The van der Waals surface area contributed by atoms with Gasteiger partial charge in [0.05, 0.1) is 22.2 Å². The Morgan fingerprint density at radius 1 is 1.24 bits per heavy atom. The first-order valence-electron chi connectivity index (χ1n) is 5.92. The highest BCUT2D eigenvalue weighted by Gasteiger charge is 2.18. The predicted octanol–water partition coefficient (Wildman–Crippen LogP) is 3.01. The quantitative estimate of drug-likeness (QED) is 0.817. The molecular weight excluding hydrogens is 354 g/mol. The van der Waals surface area contributed by atoms with Crippen molar-refractivity contribution >= 4 is 37.3 Å². The summed E-state index contributed by atoms with van der Waals surface area (Å²) in [7, 11) is -3.72. The first-order valence-corrected chi connectivity index (χ1v) is 8.20. The van der Waals surface area contributed by atoms with Crippen molar-refractivity contribution in [2.24, 2.45) is 0 Å². The molecule has 0 bridgehead atoms. The summed E-state index contributed by atoms with van der Waals surface area (Å²) >= 11 is 3.25. The van der Waals surface area contributed by atoms with E-state index in [0.29, 0.717) is 27.0 Å². The van der Waals surface area contributed by atoms with Crippen LogP contribution in [0, 0.1) is 18.3 Å². The molecule has 0 amide bonds. The second-order valence-corrected chi connectivity index (χ2v) is 6.94. The Morgan fingerprint density at radius 2 is 1.95 bits per heavy atom. The molecule has 0 unspecified atom stereocenters. The molecule has 5 nitrogen and oxygen atoms in total. The third-order valence-electron chi connectivity index (χ3n) is 2.83. The molecule has 2 aromatic carbocycles. The smallest absolute Gasteiger partial charge is 0.262 e. The summed E-state index contributed by atoms with van der Waals surface area (Å²) in [6.07, 6.45) is 0. The van der Waals surface area contributed by atoms with Crippen LogP contribution in [0.5, 0.6) is 0 Å². The number of hydrogen-bond donors (Lipinski definition) is 2. The van der Waals surface area contributed by atoms with Crippen molar-refractivity contribution in [3.8, 4) is 6.07 Å². The Bertz CT molecular complexity index is 842. The highest BCUT2D eigenvalue weighted by Crippen LogP contribution is 2.27. The van der Waals surface area contributed by atoms with Gasteiger partial charge in [-0.25, -0.2) is 8.42 Å². The molecule has 0 saturated carbocycles. The Hall–Kier alpha value is -2.04. The van der Waals surface area contributed by atoms with Gasteiger partial charge in [-0.05, 0) is 64.8 Å². The summed E-state index contributed by atoms with van der Waals surface area (Å²) in [6, 6.07) is 11.2. The number of nitrogens with one attached hydrogen (secondary N) is 1. The van der Waals surface area contributed by atoms with Gasteiger partial charge in [-0.1, -0.05) is 0 Å². The summed E-state index contributed by atoms with van der Waals surface area (Å²) in [5.41, 5.74) is 7.50. The van der Waals surface area contributed by atoms with Crippen LogP contribution >= 0.6 is 15.9 Å². The zero-order chi connectivity index (χ0) is 15.6. The van der Waals surface area contributed by atoms with Crippen LogP contribution in [0.3, 0.4) is 0 Å². The molecule has 7 heteroatoms. The van der Waals surface area contributed by atoms with Gasteiger partial charge in [0.25, 0.3) is 10.0 Å². The molecule has 0 heterocycles. The summed E-state index contributed by atoms with van der Waals surface area (Å²) in [6.45, 7) is 1.68. The molecule has 0 radical (unpaired) electrons. The normalized spacial score (nSPS) is 10.9. The number of hydrogen-bond acceptors (Lipinski definition) is 4. The monoisotopic (exact) mass is 365 g/mol. The molecule has 0 aliphatic rings. The van der Waals surface area contributed by atoms with Gasteiger partial charge in [0.1, 0.15) is 0 Å². The van der Waals surface area contributed by atoms with Crippen LogP contribution in [0.15, 0.2) is 45.8 Å². The predicted molar refractivity (Wildman–Crippen MR) is 85.3 cm³/mol. The van der Waals surface area contributed by atoms with Crippen molar-refractivity contribution in [2.45, 2.75) is 11.8 Å². The van der Waals surface area contributed by atoms with Crippen LogP contribution in [0.4, 0.5) is 11.4 Å². The fourth-order valence-electron chi connectivity index (χ4n) is 1.84. The Balaban J connectivity index is 2.40. The Labute approximate surface area is 131 Å². The number of rotatable bonds is 3. The number of aryl methyl sites for hydroxylation is 1. The van der Waals surface area contributed by atoms with E-state index < -0.39 is 10.0 Å². The van der Waals surface area contributed by atoms with Crippen LogP contribution in [0.1, 0.15) is 11.1 Å². The fraction of sp³-hybridized carbons (Fsp3) is 0.0714. The number of halogens is 1. The van der Waals surface area contributed by atoms with E-state index in [1.807, 2.05) is 6.07 Å². The molecule has 0 saturated heterocycles. The topological polar surface area (TPSA) is 96.0 Å².